The van der Waals surface area contributed by atoms with Crippen LogP contribution in [-0.2, 0) is 36.0 Å². The molecule has 36 heavy (non-hydrogen) atoms. The van der Waals surface area contributed by atoms with Crippen LogP contribution in [0.4, 0.5) is 11.5 Å². The minimum Gasteiger partial charge on any atom is -0.381 e. The van der Waals surface area contributed by atoms with E-state index in [1.54, 1.807) is 6.92 Å². The van der Waals surface area contributed by atoms with E-state index in [9.17, 15) is 4.79 Å². The lowest BCUT2D eigenvalue weighted by atomic mass is 9.96. The van der Waals surface area contributed by atoms with Crippen molar-refractivity contribution >= 4 is 17.4 Å². The normalized spacial score (nSPS) is 18.3. The Morgan fingerprint density at radius 2 is 2.03 bits per heavy atom. The highest BCUT2D eigenvalue weighted by Crippen LogP contribution is 2.38. The van der Waals surface area contributed by atoms with Gasteiger partial charge in [0, 0.05) is 75.4 Å². The highest BCUT2D eigenvalue weighted by atomic mass is 16.5. The Hall–Kier alpha value is -3.57. The van der Waals surface area contributed by atoms with Crippen molar-refractivity contribution in [3.63, 3.8) is 0 Å². The smallest absolute Gasteiger partial charge is 0.219 e. The number of rotatable bonds is 2. The van der Waals surface area contributed by atoms with Crippen LogP contribution in [0.3, 0.4) is 0 Å². The summed E-state index contributed by atoms with van der Waals surface area (Å²) in [6.07, 6.45) is 16.2. The summed E-state index contributed by atoms with van der Waals surface area (Å²) in [5, 5.41) is 12.2. The van der Waals surface area contributed by atoms with E-state index in [4.69, 9.17) is 4.74 Å². The molecule has 1 N–H and O–H groups in total. The molecule has 3 aliphatic rings. The first-order chi connectivity index (χ1) is 17.5. The summed E-state index contributed by atoms with van der Waals surface area (Å²) in [5.74, 6) is 1.92. The number of aryl methyl sites for hydroxylation is 2. The second-order valence-electron chi connectivity index (χ2n) is 9.67. The Kier molecular flexibility index (Phi) is 8.11. The molecule has 0 radical (unpaired) electrons. The predicted molar refractivity (Wildman–Crippen MR) is 142 cm³/mol. The molecule has 2 aromatic heterocycles. The largest absolute Gasteiger partial charge is 0.381 e. The van der Waals surface area contributed by atoms with Crippen LogP contribution >= 0.6 is 0 Å². The molecule has 8 nitrogen and oxygen atoms in total. The highest BCUT2D eigenvalue weighted by Gasteiger charge is 2.29. The molecule has 0 saturated carbocycles. The van der Waals surface area contributed by atoms with Gasteiger partial charge in [0.15, 0.2) is 5.82 Å². The Bertz CT molecular complexity index is 1200. The van der Waals surface area contributed by atoms with Crippen LogP contribution in [0.1, 0.15) is 43.5 Å². The average molecular weight is 489 g/mol. The second kappa shape index (κ2) is 11.4. The Labute approximate surface area is 213 Å². The molecule has 8 heteroatoms. The van der Waals surface area contributed by atoms with E-state index in [2.05, 4.69) is 58.2 Å². The van der Waals surface area contributed by atoms with Crippen molar-refractivity contribution in [2.45, 2.75) is 46.1 Å². The monoisotopic (exact) mass is 488 g/mol. The van der Waals surface area contributed by atoms with Crippen molar-refractivity contribution < 1.29 is 9.53 Å². The summed E-state index contributed by atoms with van der Waals surface area (Å²) < 4.78 is 6.89. The van der Waals surface area contributed by atoms with Crippen LogP contribution in [0, 0.1) is 18.8 Å². The van der Waals surface area contributed by atoms with Gasteiger partial charge in [-0.1, -0.05) is 13.0 Å². The van der Waals surface area contributed by atoms with Gasteiger partial charge < -0.3 is 14.5 Å². The molecule has 3 aliphatic heterocycles. The number of benzene rings is 1. The number of hydrogen-bond acceptors (Lipinski definition) is 5. The van der Waals surface area contributed by atoms with Crippen molar-refractivity contribution in [3.05, 3.63) is 47.4 Å². The Morgan fingerprint density at radius 1 is 1.19 bits per heavy atom. The lowest BCUT2D eigenvalue weighted by Crippen LogP contribution is -2.35. The summed E-state index contributed by atoms with van der Waals surface area (Å²) in [4.78, 5) is 16.1. The first-order valence-corrected chi connectivity index (χ1v) is 12.6. The Balaban J connectivity index is 0.000000330. The standard InChI is InChI=1S/C21H24N6O.C5H10O.C2H2/c1-14(28)26-9-7-19-18(13-26)21(24-23-19)27-8-3-4-16-10-15(5-6-20(16)27)17-11-22-25(2)12-17;1-5-2-3-6-4-5;1-2/h5-6,10-12H,3-4,7-9,13H2,1-2H3,(H,23,24);5H,2-4H2,1H3;1-2H/t;5-;/m.0./s1. The lowest BCUT2D eigenvalue weighted by molar-refractivity contribution is -0.129. The maximum Gasteiger partial charge on any atom is 0.219 e. The summed E-state index contributed by atoms with van der Waals surface area (Å²) in [7, 11) is 1.94. The number of anilines is 2. The molecule has 0 bridgehead atoms. The first-order valence-electron chi connectivity index (χ1n) is 12.6. The van der Waals surface area contributed by atoms with Gasteiger partial charge in [0.1, 0.15) is 0 Å². The van der Waals surface area contributed by atoms with Gasteiger partial charge in [0.05, 0.1) is 12.7 Å². The maximum absolute atomic E-state index is 11.9. The van der Waals surface area contributed by atoms with Gasteiger partial charge in [-0.15, -0.1) is 12.8 Å². The van der Waals surface area contributed by atoms with Crippen molar-refractivity contribution in [3.8, 4) is 24.0 Å². The molecule has 1 fully saturated rings. The van der Waals surface area contributed by atoms with Gasteiger partial charge in [-0.25, -0.2) is 0 Å². The summed E-state index contributed by atoms with van der Waals surface area (Å²) in [5.41, 5.74) is 7.20. The number of fused-ring (bicyclic) bond motifs is 2. The zero-order valence-corrected chi connectivity index (χ0v) is 21.5. The third-order valence-corrected chi connectivity index (χ3v) is 7.01. The van der Waals surface area contributed by atoms with E-state index in [1.807, 2.05) is 29.0 Å². The number of carbonyl (C=O) groups is 1. The van der Waals surface area contributed by atoms with E-state index in [0.29, 0.717) is 6.54 Å². The van der Waals surface area contributed by atoms with Crippen LogP contribution in [-0.4, -0.2) is 57.1 Å². The number of aromatic nitrogens is 4. The number of hydrogen-bond donors (Lipinski definition) is 1. The van der Waals surface area contributed by atoms with Crippen LogP contribution in [0.25, 0.3) is 11.1 Å². The topological polar surface area (TPSA) is 79.3 Å². The Morgan fingerprint density at radius 3 is 2.67 bits per heavy atom. The molecule has 5 heterocycles. The zero-order chi connectivity index (χ0) is 25.7. The average Bonchev–Trinajstić information content (AvgIpc) is 3.66. The molecular weight excluding hydrogens is 452 g/mol. The summed E-state index contributed by atoms with van der Waals surface area (Å²) in [6, 6.07) is 6.64. The number of nitrogens with one attached hydrogen (secondary N) is 1. The molecule has 1 aromatic carbocycles. The fraction of sp³-hybridized carbons (Fsp3) is 0.464. The number of nitrogens with zero attached hydrogens (tertiary/aromatic N) is 5. The maximum atomic E-state index is 11.9. The van der Waals surface area contributed by atoms with Gasteiger partial charge >= 0.3 is 0 Å². The van der Waals surface area contributed by atoms with E-state index in [0.717, 1.165) is 74.1 Å². The molecule has 0 aliphatic carbocycles. The minimum atomic E-state index is 0.123. The number of carbonyl (C=O) groups excluding carboxylic acids is 1. The summed E-state index contributed by atoms with van der Waals surface area (Å²) >= 11 is 0. The quantitative estimate of drug-likeness (QED) is 0.550. The molecule has 1 saturated heterocycles. The van der Waals surface area contributed by atoms with Crippen LogP contribution in [0.5, 0.6) is 0 Å². The number of amides is 1. The van der Waals surface area contributed by atoms with Gasteiger partial charge in [-0.05, 0) is 48.4 Å². The number of H-pyrrole nitrogens is 1. The predicted octanol–water partition coefficient (Wildman–Crippen LogP) is 4.09. The van der Waals surface area contributed by atoms with E-state index < -0.39 is 0 Å². The van der Waals surface area contributed by atoms with E-state index >= 15 is 0 Å². The minimum absolute atomic E-state index is 0.123. The first kappa shape index (κ1) is 25.5. The third-order valence-electron chi connectivity index (χ3n) is 7.01. The van der Waals surface area contributed by atoms with Crippen molar-refractivity contribution in [2.75, 3.05) is 31.2 Å². The van der Waals surface area contributed by atoms with Crippen LogP contribution in [0.15, 0.2) is 30.6 Å². The second-order valence-corrected chi connectivity index (χ2v) is 9.67. The van der Waals surface area contributed by atoms with Crippen LogP contribution in [0.2, 0.25) is 0 Å². The van der Waals surface area contributed by atoms with Crippen molar-refractivity contribution in [1.29, 1.82) is 0 Å². The van der Waals surface area contributed by atoms with E-state index in [1.165, 1.54) is 23.2 Å². The fourth-order valence-electron chi connectivity index (χ4n) is 4.99. The van der Waals surface area contributed by atoms with E-state index in [-0.39, 0.29) is 5.91 Å². The summed E-state index contributed by atoms with van der Waals surface area (Å²) in [6.45, 7) is 8.16. The molecular formula is C28H36N6O2. The zero-order valence-electron chi connectivity index (χ0n) is 21.5. The third kappa shape index (κ3) is 5.47. The number of ether oxygens (including phenoxy) is 1. The molecule has 6 rings (SSSR count). The van der Waals surface area contributed by atoms with Gasteiger partial charge in [-0.3, -0.25) is 14.6 Å². The van der Waals surface area contributed by atoms with Gasteiger partial charge in [0.2, 0.25) is 5.91 Å². The molecule has 3 aromatic rings. The van der Waals surface area contributed by atoms with Crippen molar-refractivity contribution in [1.82, 2.24) is 24.9 Å². The van der Waals surface area contributed by atoms with Gasteiger partial charge in [-0.2, -0.15) is 10.2 Å². The van der Waals surface area contributed by atoms with Gasteiger partial charge in [0.25, 0.3) is 0 Å². The molecule has 0 unspecified atom stereocenters. The fourth-order valence-corrected chi connectivity index (χ4v) is 4.99. The molecule has 1 atom stereocenters. The SMILES string of the molecule is C#C.CC(=O)N1CCc2[nH]nc(N3CCCc4cc(-c5cnn(C)c5)ccc43)c2C1.C[C@H]1CCOC1. The lowest BCUT2D eigenvalue weighted by Gasteiger charge is -2.32. The molecule has 1 amide bonds. The van der Waals surface area contributed by atoms with Crippen LogP contribution < -0.4 is 4.90 Å². The highest BCUT2D eigenvalue weighted by molar-refractivity contribution is 5.76. The van der Waals surface area contributed by atoms with Crippen molar-refractivity contribution in [2.24, 2.45) is 13.0 Å². The number of aromatic amines is 1. The molecule has 190 valence electrons. The molecule has 0 spiro atoms. The number of terminal acetylenes is 1.